The van der Waals surface area contributed by atoms with Crippen LogP contribution in [0, 0.1) is 19.8 Å². The average molecular weight is 424 g/mol. The van der Waals surface area contributed by atoms with Crippen LogP contribution in [0.15, 0.2) is 22.7 Å². The lowest BCUT2D eigenvalue weighted by Crippen LogP contribution is -2.31. The lowest BCUT2D eigenvalue weighted by molar-refractivity contribution is 0.178. The van der Waals surface area contributed by atoms with Crippen LogP contribution in [0.3, 0.4) is 0 Å². The Morgan fingerprint density at radius 3 is 2.58 bits per heavy atom. The van der Waals surface area contributed by atoms with Crippen LogP contribution in [0.5, 0.6) is 5.75 Å². The zero-order valence-electron chi connectivity index (χ0n) is 16.2. The van der Waals surface area contributed by atoms with Crippen molar-refractivity contribution in [2.45, 2.75) is 40.8 Å². The predicted octanol–water partition coefficient (Wildman–Crippen LogP) is 4.70. The summed E-state index contributed by atoms with van der Waals surface area (Å²) in [5.74, 6) is 1.17. The Kier molecular flexibility index (Phi) is 6.69. The second-order valence-electron chi connectivity index (χ2n) is 6.61. The highest BCUT2D eigenvalue weighted by Crippen LogP contribution is 2.31. The molecule has 0 atom stereocenters. The minimum atomic E-state index is -0.428. The molecule has 0 unspecified atom stereocenters. The van der Waals surface area contributed by atoms with Gasteiger partial charge in [0.15, 0.2) is 0 Å². The van der Waals surface area contributed by atoms with Crippen LogP contribution in [0.25, 0.3) is 0 Å². The minimum Gasteiger partial charge on any atom is -0.496 e. The summed E-state index contributed by atoms with van der Waals surface area (Å²) in [7, 11) is 3.00. The van der Waals surface area contributed by atoms with Crippen molar-refractivity contribution in [1.82, 2.24) is 9.78 Å². The van der Waals surface area contributed by atoms with Crippen LogP contribution in [-0.4, -0.2) is 30.1 Å². The molecular weight excluding hydrogens is 398 g/mol. The Morgan fingerprint density at radius 1 is 1.31 bits per heavy atom. The third-order valence-corrected chi connectivity index (χ3v) is 4.61. The molecule has 0 saturated heterocycles. The largest absolute Gasteiger partial charge is 0.496 e. The second-order valence-corrected chi connectivity index (χ2v) is 7.52. The Morgan fingerprint density at radius 2 is 2.00 bits per heavy atom. The topological polar surface area (TPSA) is 56.6 Å². The Hall–Kier alpha value is -2.02. The summed E-state index contributed by atoms with van der Waals surface area (Å²) < 4.78 is 13.4. The standard InChI is InChI=1S/C19H26BrN3O3/c1-12(2)10-23-14(4)18(13(3)21-23)22(19(24)26-6)11-15-9-16(20)7-8-17(15)25-5/h7-9,12H,10-11H2,1-6H3. The lowest BCUT2D eigenvalue weighted by Gasteiger charge is -2.23. The molecule has 0 aliphatic rings. The molecule has 2 aromatic rings. The fraction of sp³-hybridized carbons (Fsp3) is 0.474. The summed E-state index contributed by atoms with van der Waals surface area (Å²) in [5, 5.41) is 4.62. The van der Waals surface area contributed by atoms with Crippen molar-refractivity contribution in [3.63, 3.8) is 0 Å². The van der Waals surface area contributed by atoms with E-state index >= 15 is 0 Å². The van der Waals surface area contributed by atoms with Crippen LogP contribution in [-0.2, 0) is 17.8 Å². The van der Waals surface area contributed by atoms with E-state index in [1.807, 2.05) is 36.7 Å². The van der Waals surface area contributed by atoms with Gasteiger partial charge in [-0.1, -0.05) is 29.8 Å². The molecule has 0 saturated carbocycles. The number of hydrogen-bond donors (Lipinski definition) is 0. The maximum Gasteiger partial charge on any atom is 0.414 e. The number of carbonyl (C=O) groups is 1. The van der Waals surface area contributed by atoms with Gasteiger partial charge in [-0.15, -0.1) is 0 Å². The molecule has 0 aliphatic heterocycles. The van der Waals surface area contributed by atoms with E-state index in [0.29, 0.717) is 18.2 Å². The van der Waals surface area contributed by atoms with Crippen LogP contribution in [0.1, 0.15) is 30.8 Å². The maximum absolute atomic E-state index is 12.6. The molecule has 7 heteroatoms. The van der Waals surface area contributed by atoms with Crippen LogP contribution >= 0.6 is 15.9 Å². The van der Waals surface area contributed by atoms with Crippen LogP contribution in [0.2, 0.25) is 0 Å². The number of aromatic nitrogens is 2. The van der Waals surface area contributed by atoms with Gasteiger partial charge < -0.3 is 9.47 Å². The molecule has 1 aromatic heterocycles. The first-order valence-corrected chi connectivity index (χ1v) is 9.29. The van der Waals surface area contributed by atoms with Gasteiger partial charge in [0.05, 0.1) is 37.8 Å². The number of aryl methyl sites for hydroxylation is 1. The lowest BCUT2D eigenvalue weighted by atomic mass is 10.1. The highest BCUT2D eigenvalue weighted by Gasteiger charge is 2.25. The summed E-state index contributed by atoms with van der Waals surface area (Å²) in [6, 6.07) is 5.72. The zero-order valence-corrected chi connectivity index (χ0v) is 17.8. The molecule has 0 spiro atoms. The first-order valence-electron chi connectivity index (χ1n) is 8.50. The number of carbonyl (C=O) groups excluding carboxylic acids is 1. The molecule has 0 radical (unpaired) electrons. The summed E-state index contributed by atoms with van der Waals surface area (Å²) in [6.45, 7) is 9.28. The Bertz CT molecular complexity index is 787. The number of benzene rings is 1. The molecule has 0 aliphatic carbocycles. The van der Waals surface area contributed by atoms with Crippen molar-refractivity contribution >= 4 is 27.7 Å². The van der Waals surface area contributed by atoms with Crippen molar-refractivity contribution in [3.05, 3.63) is 39.6 Å². The second kappa shape index (κ2) is 8.58. The van der Waals surface area contributed by atoms with Crippen molar-refractivity contribution in [3.8, 4) is 5.75 Å². The van der Waals surface area contributed by atoms with Crippen LogP contribution in [0.4, 0.5) is 10.5 Å². The van der Waals surface area contributed by atoms with E-state index in [4.69, 9.17) is 9.47 Å². The van der Waals surface area contributed by atoms with Gasteiger partial charge in [-0.05, 0) is 38.0 Å². The normalized spacial score (nSPS) is 10.9. The number of ether oxygens (including phenoxy) is 2. The fourth-order valence-electron chi connectivity index (χ4n) is 2.99. The van der Waals surface area contributed by atoms with Gasteiger partial charge in [0.2, 0.25) is 0 Å². The van der Waals surface area contributed by atoms with E-state index in [9.17, 15) is 4.79 Å². The van der Waals surface area contributed by atoms with E-state index in [-0.39, 0.29) is 0 Å². The Labute approximate surface area is 163 Å². The van der Waals surface area contributed by atoms with Crippen molar-refractivity contribution < 1.29 is 14.3 Å². The molecular formula is C19H26BrN3O3. The van der Waals surface area contributed by atoms with Gasteiger partial charge in [0.1, 0.15) is 5.75 Å². The van der Waals surface area contributed by atoms with Crippen LogP contribution < -0.4 is 9.64 Å². The first-order chi connectivity index (χ1) is 12.3. The van der Waals surface area contributed by atoms with Crippen molar-refractivity contribution in [2.75, 3.05) is 19.1 Å². The fourth-order valence-corrected chi connectivity index (χ4v) is 3.40. The summed E-state index contributed by atoms with van der Waals surface area (Å²) in [6.07, 6.45) is -0.428. The van der Waals surface area contributed by atoms with Crippen molar-refractivity contribution in [2.24, 2.45) is 5.92 Å². The molecule has 1 amide bonds. The highest BCUT2D eigenvalue weighted by molar-refractivity contribution is 9.10. The number of amides is 1. The third kappa shape index (κ3) is 4.38. The zero-order chi connectivity index (χ0) is 19.4. The number of methoxy groups -OCH3 is 2. The van der Waals surface area contributed by atoms with Crippen molar-refractivity contribution in [1.29, 1.82) is 0 Å². The van der Waals surface area contributed by atoms with Gasteiger partial charge in [0, 0.05) is 16.6 Å². The number of anilines is 1. The molecule has 1 aromatic carbocycles. The smallest absolute Gasteiger partial charge is 0.414 e. The molecule has 26 heavy (non-hydrogen) atoms. The van der Waals surface area contributed by atoms with E-state index in [0.717, 1.165) is 33.7 Å². The molecule has 0 N–H and O–H groups in total. The van der Waals surface area contributed by atoms with E-state index < -0.39 is 6.09 Å². The number of nitrogens with zero attached hydrogens (tertiary/aromatic N) is 3. The van der Waals surface area contributed by atoms with Gasteiger partial charge in [0.25, 0.3) is 0 Å². The molecule has 142 valence electrons. The Balaban J connectivity index is 2.49. The molecule has 1 heterocycles. The summed E-state index contributed by atoms with van der Waals surface area (Å²) in [5.41, 5.74) is 3.39. The molecule has 2 rings (SSSR count). The first kappa shape index (κ1) is 20.3. The summed E-state index contributed by atoms with van der Waals surface area (Å²) in [4.78, 5) is 14.2. The highest BCUT2D eigenvalue weighted by atomic mass is 79.9. The molecule has 0 fully saturated rings. The van der Waals surface area contributed by atoms with E-state index in [1.54, 1.807) is 12.0 Å². The van der Waals surface area contributed by atoms with E-state index in [2.05, 4.69) is 34.9 Å². The van der Waals surface area contributed by atoms with Gasteiger partial charge in [-0.3, -0.25) is 9.58 Å². The molecule has 6 nitrogen and oxygen atoms in total. The average Bonchev–Trinajstić information content (AvgIpc) is 2.85. The quantitative estimate of drug-likeness (QED) is 0.675. The van der Waals surface area contributed by atoms with Gasteiger partial charge in [-0.25, -0.2) is 4.79 Å². The minimum absolute atomic E-state index is 0.324. The maximum atomic E-state index is 12.6. The number of hydrogen-bond acceptors (Lipinski definition) is 4. The van der Waals surface area contributed by atoms with Gasteiger partial charge in [-0.2, -0.15) is 5.10 Å². The van der Waals surface area contributed by atoms with E-state index in [1.165, 1.54) is 7.11 Å². The summed E-state index contributed by atoms with van der Waals surface area (Å²) >= 11 is 3.48. The number of rotatable bonds is 6. The predicted molar refractivity (Wildman–Crippen MR) is 106 cm³/mol. The monoisotopic (exact) mass is 423 g/mol. The molecule has 0 bridgehead atoms. The van der Waals surface area contributed by atoms with Gasteiger partial charge >= 0.3 is 6.09 Å². The number of halogens is 1. The SMILES string of the molecule is COC(=O)N(Cc1cc(Br)ccc1OC)c1c(C)nn(CC(C)C)c1C. The third-order valence-electron chi connectivity index (χ3n) is 4.12.